The second kappa shape index (κ2) is 7.85. The van der Waals surface area contributed by atoms with E-state index in [4.69, 9.17) is 9.72 Å². The highest BCUT2D eigenvalue weighted by Gasteiger charge is 2.34. The van der Waals surface area contributed by atoms with Gasteiger partial charge in [0.25, 0.3) is 11.5 Å². The Bertz CT molecular complexity index is 1070. The first-order valence-electron chi connectivity index (χ1n) is 9.46. The molecule has 3 heterocycles. The highest BCUT2D eigenvalue weighted by Crippen LogP contribution is 2.33. The maximum Gasteiger partial charge on any atom is 0.264 e. The van der Waals surface area contributed by atoms with Crippen LogP contribution < -0.4 is 5.56 Å². The lowest BCUT2D eigenvalue weighted by Gasteiger charge is -2.26. The molecule has 0 spiro atoms. The number of para-hydroxylation sites is 1. The molecule has 0 aliphatic carbocycles. The summed E-state index contributed by atoms with van der Waals surface area (Å²) in [6.45, 7) is 3.50. The number of thiophene rings is 1. The number of aromatic nitrogens is 2. The minimum Gasteiger partial charge on any atom is -0.383 e. The molecule has 1 atom stereocenters. The van der Waals surface area contributed by atoms with E-state index in [9.17, 15) is 9.59 Å². The van der Waals surface area contributed by atoms with Gasteiger partial charge in [-0.1, -0.05) is 12.1 Å². The number of carbonyl (C=O) groups excluding carboxylic acids is 1. The minimum absolute atomic E-state index is 0.0151. The molecule has 0 saturated carbocycles. The molecule has 1 fully saturated rings. The summed E-state index contributed by atoms with van der Waals surface area (Å²) in [5.41, 5.74) is 0.589. The van der Waals surface area contributed by atoms with Crippen molar-refractivity contribution in [2.45, 2.75) is 32.4 Å². The Morgan fingerprint density at radius 2 is 2.11 bits per heavy atom. The van der Waals surface area contributed by atoms with Crippen molar-refractivity contribution in [3.8, 4) is 0 Å². The van der Waals surface area contributed by atoms with Gasteiger partial charge in [0.05, 0.1) is 35.0 Å². The van der Waals surface area contributed by atoms with Gasteiger partial charge in [0.15, 0.2) is 0 Å². The van der Waals surface area contributed by atoms with Crippen molar-refractivity contribution in [1.82, 2.24) is 14.5 Å². The summed E-state index contributed by atoms with van der Waals surface area (Å²) in [4.78, 5) is 34.8. The molecule has 146 valence electrons. The third-order valence-corrected chi connectivity index (χ3v) is 6.16. The highest BCUT2D eigenvalue weighted by molar-refractivity contribution is 7.13. The van der Waals surface area contributed by atoms with Crippen molar-refractivity contribution < 1.29 is 9.53 Å². The second-order valence-corrected chi connectivity index (χ2v) is 8.29. The zero-order chi connectivity index (χ0) is 19.7. The van der Waals surface area contributed by atoms with E-state index in [2.05, 4.69) is 0 Å². The van der Waals surface area contributed by atoms with E-state index in [0.717, 1.165) is 22.6 Å². The van der Waals surface area contributed by atoms with Crippen LogP contribution in [0.3, 0.4) is 0 Å². The molecule has 7 heteroatoms. The maximum atomic E-state index is 13.1. The fourth-order valence-corrected chi connectivity index (χ4v) is 4.63. The predicted molar refractivity (Wildman–Crippen MR) is 110 cm³/mol. The van der Waals surface area contributed by atoms with Crippen LogP contribution in [-0.4, -0.2) is 40.6 Å². The van der Waals surface area contributed by atoms with Crippen LogP contribution in [0.1, 0.15) is 39.3 Å². The van der Waals surface area contributed by atoms with E-state index in [1.54, 1.807) is 17.7 Å². The number of benzene rings is 1. The van der Waals surface area contributed by atoms with E-state index in [1.165, 1.54) is 11.3 Å². The summed E-state index contributed by atoms with van der Waals surface area (Å²) in [5, 5.41) is 0.590. The summed E-state index contributed by atoms with van der Waals surface area (Å²) in [6.07, 6.45) is 1.70. The third kappa shape index (κ3) is 3.36. The number of aryl methyl sites for hydroxylation is 1. The number of nitrogens with zero attached hydrogens (tertiary/aromatic N) is 3. The van der Waals surface area contributed by atoms with Gasteiger partial charge in [0.2, 0.25) is 0 Å². The van der Waals surface area contributed by atoms with Gasteiger partial charge in [-0.25, -0.2) is 4.98 Å². The molecule has 1 aromatic carbocycles. The number of ether oxygens (including phenoxy) is 1. The largest absolute Gasteiger partial charge is 0.383 e. The van der Waals surface area contributed by atoms with Crippen LogP contribution in [0.2, 0.25) is 0 Å². The summed E-state index contributed by atoms with van der Waals surface area (Å²) in [6, 6.07) is 11.0. The summed E-state index contributed by atoms with van der Waals surface area (Å²) in [7, 11) is 1.61. The lowest BCUT2D eigenvalue weighted by atomic mass is 10.1. The number of hydrogen-bond donors (Lipinski definition) is 0. The molecule has 0 bridgehead atoms. The van der Waals surface area contributed by atoms with Gasteiger partial charge in [0.1, 0.15) is 5.82 Å². The fourth-order valence-electron chi connectivity index (χ4n) is 3.81. The molecular weight excluding hydrogens is 374 g/mol. The van der Waals surface area contributed by atoms with Crippen LogP contribution in [0.5, 0.6) is 0 Å². The number of rotatable bonds is 5. The lowest BCUT2D eigenvalue weighted by Crippen LogP contribution is -2.36. The Labute approximate surface area is 167 Å². The number of carbonyl (C=O) groups is 1. The van der Waals surface area contributed by atoms with Crippen molar-refractivity contribution in [2.75, 3.05) is 20.3 Å². The van der Waals surface area contributed by atoms with Crippen molar-refractivity contribution in [3.63, 3.8) is 0 Å². The van der Waals surface area contributed by atoms with Gasteiger partial charge < -0.3 is 9.64 Å². The molecule has 0 N–H and O–H groups in total. The second-order valence-electron chi connectivity index (χ2n) is 7.00. The van der Waals surface area contributed by atoms with Crippen LogP contribution in [0.25, 0.3) is 10.9 Å². The van der Waals surface area contributed by atoms with Crippen molar-refractivity contribution in [1.29, 1.82) is 0 Å². The minimum atomic E-state index is -0.205. The molecule has 1 amide bonds. The SMILES string of the molecule is COCCn1c(C2CCCN2C(=O)c2ccc(C)s2)nc2ccccc2c1=O. The van der Waals surface area contributed by atoms with E-state index in [-0.39, 0.29) is 17.5 Å². The Hall–Kier alpha value is -2.51. The smallest absolute Gasteiger partial charge is 0.264 e. The zero-order valence-corrected chi connectivity index (χ0v) is 16.9. The van der Waals surface area contributed by atoms with Gasteiger partial charge in [0, 0.05) is 18.5 Å². The fraction of sp³-hybridized carbons (Fsp3) is 0.381. The standard InChI is InChI=1S/C21H23N3O3S/c1-14-9-10-18(28-14)21(26)23-11-5-8-17(23)19-22-16-7-4-3-6-15(16)20(25)24(19)12-13-27-2/h3-4,6-7,9-10,17H,5,8,11-13H2,1-2H3. The normalized spacial score (nSPS) is 16.8. The summed E-state index contributed by atoms with van der Waals surface area (Å²) < 4.78 is 6.89. The predicted octanol–water partition coefficient (Wildman–Crippen LogP) is 3.39. The molecule has 3 aromatic rings. The molecular formula is C21H23N3O3S. The van der Waals surface area contributed by atoms with Gasteiger partial charge in [-0.2, -0.15) is 0 Å². The van der Waals surface area contributed by atoms with Crippen LogP contribution in [0.15, 0.2) is 41.2 Å². The van der Waals surface area contributed by atoms with Gasteiger partial charge in [-0.15, -0.1) is 11.3 Å². The van der Waals surface area contributed by atoms with E-state index in [0.29, 0.717) is 36.4 Å². The first-order chi connectivity index (χ1) is 13.6. The van der Waals surface area contributed by atoms with Crippen LogP contribution in [-0.2, 0) is 11.3 Å². The van der Waals surface area contributed by atoms with Crippen LogP contribution in [0.4, 0.5) is 0 Å². The number of methoxy groups -OCH3 is 1. The van der Waals surface area contributed by atoms with Gasteiger partial charge in [-0.05, 0) is 44.0 Å². The quantitative estimate of drug-likeness (QED) is 0.662. The zero-order valence-electron chi connectivity index (χ0n) is 16.1. The third-order valence-electron chi connectivity index (χ3n) is 5.17. The number of fused-ring (bicyclic) bond motifs is 1. The van der Waals surface area contributed by atoms with Crippen molar-refractivity contribution in [3.05, 3.63) is 62.3 Å². The number of amides is 1. The van der Waals surface area contributed by atoms with Crippen LogP contribution >= 0.6 is 11.3 Å². The lowest BCUT2D eigenvalue weighted by molar-refractivity contribution is 0.0730. The first kappa shape index (κ1) is 18.8. The van der Waals surface area contributed by atoms with Crippen molar-refractivity contribution in [2.24, 2.45) is 0 Å². The topological polar surface area (TPSA) is 64.4 Å². The first-order valence-corrected chi connectivity index (χ1v) is 10.3. The molecule has 28 heavy (non-hydrogen) atoms. The molecule has 1 unspecified atom stereocenters. The molecule has 1 saturated heterocycles. The summed E-state index contributed by atoms with van der Waals surface area (Å²) in [5.74, 6) is 0.668. The number of likely N-dealkylation sites (tertiary alicyclic amines) is 1. The molecule has 1 aliphatic heterocycles. The van der Waals surface area contributed by atoms with E-state index < -0.39 is 0 Å². The van der Waals surface area contributed by atoms with E-state index in [1.807, 2.05) is 42.2 Å². The van der Waals surface area contributed by atoms with Gasteiger partial charge >= 0.3 is 0 Å². The van der Waals surface area contributed by atoms with Crippen LogP contribution in [0, 0.1) is 6.92 Å². The molecule has 1 aliphatic rings. The van der Waals surface area contributed by atoms with Crippen molar-refractivity contribution >= 4 is 28.1 Å². The Morgan fingerprint density at radius 1 is 1.29 bits per heavy atom. The Kier molecular flexibility index (Phi) is 5.28. The van der Waals surface area contributed by atoms with E-state index >= 15 is 0 Å². The average molecular weight is 398 g/mol. The molecule has 0 radical (unpaired) electrons. The summed E-state index contributed by atoms with van der Waals surface area (Å²) >= 11 is 1.50. The highest BCUT2D eigenvalue weighted by atomic mass is 32.1. The van der Waals surface area contributed by atoms with Gasteiger partial charge in [-0.3, -0.25) is 14.2 Å². The maximum absolute atomic E-state index is 13.1. The number of hydrogen-bond acceptors (Lipinski definition) is 5. The Balaban J connectivity index is 1.80. The Morgan fingerprint density at radius 3 is 2.86 bits per heavy atom. The average Bonchev–Trinajstić information content (AvgIpc) is 3.36. The molecule has 6 nitrogen and oxygen atoms in total. The molecule has 4 rings (SSSR count). The molecule has 2 aromatic heterocycles. The monoisotopic (exact) mass is 397 g/mol.